The molecule has 3 aromatic heterocycles. The van der Waals surface area contributed by atoms with Crippen LogP contribution in [0.4, 0.5) is 4.39 Å². The Labute approximate surface area is 208 Å². The quantitative estimate of drug-likeness (QED) is 0.354. The summed E-state index contributed by atoms with van der Waals surface area (Å²) in [5.41, 5.74) is 4.57. The fraction of sp³-hybridized carbons (Fsp3) is 0.296. The summed E-state index contributed by atoms with van der Waals surface area (Å²) < 4.78 is 22.3. The van der Waals surface area contributed by atoms with Crippen molar-refractivity contribution in [3.05, 3.63) is 75.5 Å². The molecule has 180 valence electrons. The molecule has 0 saturated carbocycles. The summed E-state index contributed by atoms with van der Waals surface area (Å²) in [7, 11) is 3.39. The number of benzene rings is 1. The molecule has 1 amide bonds. The fourth-order valence-corrected chi connectivity index (χ4v) is 5.38. The summed E-state index contributed by atoms with van der Waals surface area (Å²) >= 11 is 1.55. The van der Waals surface area contributed by atoms with Crippen molar-refractivity contribution < 1.29 is 13.9 Å². The predicted octanol–water partition coefficient (Wildman–Crippen LogP) is 5.81. The largest absolute Gasteiger partial charge is 0.481 e. The maximum absolute atomic E-state index is 15.2. The highest BCUT2D eigenvalue weighted by Crippen LogP contribution is 2.38. The van der Waals surface area contributed by atoms with Gasteiger partial charge in [0.15, 0.2) is 0 Å². The lowest BCUT2D eigenvalue weighted by atomic mass is 9.94. The lowest BCUT2D eigenvalue weighted by Crippen LogP contribution is -2.24. The molecule has 0 fully saturated rings. The number of hydrogen-bond acceptors (Lipinski definition) is 5. The Kier molecular flexibility index (Phi) is 5.71. The van der Waals surface area contributed by atoms with Crippen LogP contribution in [-0.4, -0.2) is 32.7 Å². The van der Waals surface area contributed by atoms with Crippen LogP contribution in [0.25, 0.3) is 22.4 Å². The van der Waals surface area contributed by atoms with Crippen molar-refractivity contribution in [2.24, 2.45) is 7.05 Å². The second kappa shape index (κ2) is 8.61. The van der Waals surface area contributed by atoms with Crippen LogP contribution in [0.2, 0.25) is 0 Å². The van der Waals surface area contributed by atoms with Gasteiger partial charge in [-0.3, -0.25) is 9.48 Å². The minimum atomic E-state index is -0.348. The number of aromatic nitrogens is 3. The predicted molar refractivity (Wildman–Crippen MR) is 135 cm³/mol. The van der Waals surface area contributed by atoms with Crippen molar-refractivity contribution in [3.8, 4) is 28.3 Å². The summed E-state index contributed by atoms with van der Waals surface area (Å²) in [6, 6.07) is 10.9. The molecule has 8 heteroatoms. The van der Waals surface area contributed by atoms with Crippen molar-refractivity contribution in [1.29, 1.82) is 0 Å². The van der Waals surface area contributed by atoms with Gasteiger partial charge in [-0.15, -0.1) is 11.3 Å². The van der Waals surface area contributed by atoms with Gasteiger partial charge >= 0.3 is 0 Å². The van der Waals surface area contributed by atoms with Gasteiger partial charge < -0.3 is 9.64 Å². The van der Waals surface area contributed by atoms with E-state index in [4.69, 9.17) is 4.74 Å². The molecule has 5 rings (SSSR count). The van der Waals surface area contributed by atoms with Gasteiger partial charge in [-0.2, -0.15) is 5.10 Å². The van der Waals surface area contributed by atoms with Crippen molar-refractivity contribution in [3.63, 3.8) is 0 Å². The summed E-state index contributed by atoms with van der Waals surface area (Å²) in [6.07, 6.45) is 3.59. The van der Waals surface area contributed by atoms with Crippen LogP contribution in [0, 0.1) is 5.82 Å². The molecule has 6 nitrogen and oxygen atoms in total. The van der Waals surface area contributed by atoms with E-state index in [-0.39, 0.29) is 23.7 Å². The van der Waals surface area contributed by atoms with Gasteiger partial charge in [0.05, 0.1) is 23.9 Å². The fourth-order valence-electron chi connectivity index (χ4n) is 4.18. The monoisotopic (exact) mass is 490 g/mol. The number of carbonyl (C=O) groups excluding carboxylic acids is 1. The summed E-state index contributed by atoms with van der Waals surface area (Å²) in [5, 5.41) is 4.20. The number of ether oxygens (including phenoxy) is 1. The van der Waals surface area contributed by atoms with Gasteiger partial charge in [-0.1, -0.05) is 32.9 Å². The number of thiophene rings is 1. The number of methoxy groups -OCH3 is 1. The highest BCUT2D eigenvalue weighted by molar-refractivity contribution is 7.14. The zero-order valence-electron chi connectivity index (χ0n) is 20.4. The molecular formula is C27H27FN4O2S. The second-order valence-electron chi connectivity index (χ2n) is 9.87. The molecular weight excluding hydrogens is 463 g/mol. The van der Waals surface area contributed by atoms with E-state index in [1.165, 1.54) is 10.9 Å². The molecule has 0 saturated heterocycles. The number of hydrogen-bond donors (Lipinski definition) is 0. The van der Waals surface area contributed by atoms with Gasteiger partial charge in [-0.25, -0.2) is 9.37 Å². The maximum atomic E-state index is 15.2. The Balaban J connectivity index is 1.39. The van der Waals surface area contributed by atoms with Crippen LogP contribution in [0.3, 0.4) is 0 Å². The van der Waals surface area contributed by atoms with Gasteiger partial charge in [0.25, 0.3) is 5.91 Å². The third kappa shape index (κ3) is 4.46. The molecule has 1 aliphatic rings. The lowest BCUT2D eigenvalue weighted by molar-refractivity contribution is 0.0768. The summed E-state index contributed by atoms with van der Waals surface area (Å²) in [6.45, 7) is 7.18. The van der Waals surface area contributed by atoms with Gasteiger partial charge in [-0.05, 0) is 40.3 Å². The lowest BCUT2D eigenvalue weighted by Gasteiger charge is -2.19. The first-order chi connectivity index (χ1) is 16.6. The number of carbonyl (C=O) groups is 1. The molecule has 4 aromatic rings. The number of amides is 1. The minimum absolute atomic E-state index is 0.00852. The average molecular weight is 491 g/mol. The Morgan fingerprint density at radius 1 is 1.11 bits per heavy atom. The Morgan fingerprint density at radius 2 is 1.91 bits per heavy atom. The normalized spacial score (nSPS) is 13.4. The Morgan fingerprint density at radius 3 is 2.54 bits per heavy atom. The van der Waals surface area contributed by atoms with Crippen molar-refractivity contribution >= 4 is 17.2 Å². The van der Waals surface area contributed by atoms with Crippen LogP contribution >= 0.6 is 11.3 Å². The molecule has 1 aromatic carbocycles. The molecule has 4 heterocycles. The number of halogens is 1. The summed E-state index contributed by atoms with van der Waals surface area (Å²) in [4.78, 5) is 21.2. The van der Waals surface area contributed by atoms with E-state index in [0.717, 1.165) is 21.6 Å². The maximum Gasteiger partial charge on any atom is 0.264 e. The van der Waals surface area contributed by atoms with E-state index in [1.807, 2.05) is 25.4 Å². The third-order valence-electron chi connectivity index (χ3n) is 6.15. The molecule has 0 unspecified atom stereocenters. The highest BCUT2D eigenvalue weighted by atomic mass is 32.1. The second-order valence-corrected chi connectivity index (χ2v) is 10.9. The molecule has 35 heavy (non-hydrogen) atoms. The van der Waals surface area contributed by atoms with Crippen molar-refractivity contribution in [2.75, 3.05) is 7.11 Å². The van der Waals surface area contributed by atoms with Crippen LogP contribution in [0.15, 0.2) is 48.8 Å². The van der Waals surface area contributed by atoms with E-state index in [2.05, 4.69) is 36.9 Å². The Bertz CT molecular complexity index is 1430. The number of aryl methyl sites for hydroxylation is 1. The number of fused-ring (bicyclic) bond motifs is 1. The standard InChI is InChI=1S/C27H27FN4O2S/c1-27(2,3)23-10-19-15-32(26(33)25(19)35-23)14-17-7-6-16(8-21(17)28)18-9-22(30-24(11-18)34-5)20-12-29-31(4)13-20/h6-13H,14-15H2,1-5H3. The van der Waals surface area contributed by atoms with Crippen LogP contribution < -0.4 is 4.74 Å². The van der Waals surface area contributed by atoms with E-state index < -0.39 is 0 Å². The molecule has 0 N–H and O–H groups in total. The van der Waals surface area contributed by atoms with Crippen molar-refractivity contribution in [1.82, 2.24) is 19.7 Å². The van der Waals surface area contributed by atoms with Crippen LogP contribution in [-0.2, 0) is 25.6 Å². The number of pyridine rings is 1. The first-order valence-corrected chi connectivity index (χ1v) is 12.2. The van der Waals surface area contributed by atoms with Gasteiger partial charge in [0.2, 0.25) is 5.88 Å². The van der Waals surface area contributed by atoms with E-state index >= 15 is 4.39 Å². The SMILES string of the molecule is COc1cc(-c2ccc(CN3Cc4cc(C(C)(C)C)sc4C3=O)c(F)c2)cc(-c2cnn(C)c2)n1. The topological polar surface area (TPSA) is 60.2 Å². The number of nitrogens with zero attached hydrogens (tertiary/aromatic N) is 4. The van der Waals surface area contributed by atoms with E-state index in [9.17, 15) is 4.79 Å². The highest BCUT2D eigenvalue weighted by Gasteiger charge is 2.32. The zero-order chi connectivity index (χ0) is 24.9. The first kappa shape index (κ1) is 23.2. The molecule has 0 aliphatic carbocycles. The average Bonchev–Trinajstić information content (AvgIpc) is 3.51. The van der Waals surface area contributed by atoms with Crippen LogP contribution in [0.5, 0.6) is 5.88 Å². The number of rotatable bonds is 5. The smallest absolute Gasteiger partial charge is 0.264 e. The zero-order valence-corrected chi connectivity index (χ0v) is 21.2. The van der Waals surface area contributed by atoms with Gasteiger partial charge in [0.1, 0.15) is 5.82 Å². The minimum Gasteiger partial charge on any atom is -0.481 e. The molecule has 0 bridgehead atoms. The first-order valence-electron chi connectivity index (χ1n) is 11.4. The third-order valence-corrected chi connectivity index (χ3v) is 7.74. The molecule has 0 atom stereocenters. The molecule has 1 aliphatic heterocycles. The van der Waals surface area contributed by atoms with Crippen molar-refractivity contribution in [2.45, 2.75) is 39.3 Å². The van der Waals surface area contributed by atoms with Gasteiger partial charge in [0, 0.05) is 48.4 Å². The summed E-state index contributed by atoms with van der Waals surface area (Å²) in [5.74, 6) is 0.0675. The molecule has 0 radical (unpaired) electrons. The van der Waals surface area contributed by atoms with E-state index in [0.29, 0.717) is 29.2 Å². The Hall–Kier alpha value is -3.52. The molecule has 0 spiro atoms. The van der Waals surface area contributed by atoms with E-state index in [1.54, 1.807) is 46.4 Å². The van der Waals surface area contributed by atoms with Crippen LogP contribution in [0.1, 0.15) is 46.4 Å².